The Labute approximate surface area is 149 Å². The predicted octanol–water partition coefficient (Wildman–Crippen LogP) is 5.29. The Morgan fingerprint density at radius 1 is 0.682 bits per heavy atom. The van der Waals surface area contributed by atoms with Gasteiger partial charge in [-0.25, -0.2) is 0 Å². The summed E-state index contributed by atoms with van der Waals surface area (Å²) >= 11 is 0. The van der Waals surface area contributed by atoms with Crippen molar-refractivity contribution in [2.24, 2.45) is 0 Å². The normalized spacial score (nSPS) is 11.0. The topological polar surface area (TPSA) is 17.8 Å². The molecular formula is C19H28N2Pt. The number of nitrogens with zero attached hydrogens (tertiary/aromatic N) is 2. The van der Waals surface area contributed by atoms with E-state index in [1.165, 1.54) is 44.6 Å². The third-order valence-corrected chi connectivity index (χ3v) is 5.06. The van der Waals surface area contributed by atoms with Gasteiger partial charge >= 0.3 is 0 Å². The van der Waals surface area contributed by atoms with Gasteiger partial charge in [-0.3, -0.25) is 4.68 Å². The first-order valence-electron chi connectivity index (χ1n) is 7.81. The van der Waals surface area contributed by atoms with Crippen LogP contribution in [0.25, 0.3) is 11.1 Å². The molecule has 2 nitrogen and oxygen atoms in total. The van der Waals surface area contributed by atoms with Crippen LogP contribution >= 0.6 is 0 Å². The number of aryl methyl sites for hydroxylation is 1. The molecule has 3 heteroatoms. The average molecular weight is 480 g/mol. The molecule has 0 atom stereocenters. The number of rotatable bonds is 2. The molecule has 0 bridgehead atoms. The molecule has 0 N–H and O–H groups in total. The second kappa shape index (κ2) is 6.70. The Morgan fingerprint density at radius 3 is 1.45 bits per heavy atom. The zero-order valence-electron chi connectivity index (χ0n) is 15.3. The van der Waals surface area contributed by atoms with Crippen molar-refractivity contribution >= 4 is 0 Å². The van der Waals surface area contributed by atoms with Crippen LogP contribution in [0.15, 0.2) is 0 Å². The van der Waals surface area contributed by atoms with Crippen molar-refractivity contribution in [3.05, 3.63) is 39.2 Å². The summed E-state index contributed by atoms with van der Waals surface area (Å²) in [6.45, 7) is 19.9. The van der Waals surface area contributed by atoms with Crippen molar-refractivity contribution < 1.29 is 21.1 Å². The van der Waals surface area contributed by atoms with Crippen LogP contribution in [-0.2, 0) is 21.1 Å². The smallest absolute Gasteiger partial charge is 0.0675 e. The van der Waals surface area contributed by atoms with E-state index in [0.29, 0.717) is 6.04 Å². The van der Waals surface area contributed by atoms with E-state index in [1.807, 2.05) is 0 Å². The zero-order valence-corrected chi connectivity index (χ0v) is 17.6. The molecule has 124 valence electrons. The summed E-state index contributed by atoms with van der Waals surface area (Å²) in [5.74, 6) is 0. The van der Waals surface area contributed by atoms with Gasteiger partial charge in [0.15, 0.2) is 0 Å². The van der Waals surface area contributed by atoms with Gasteiger partial charge in [0, 0.05) is 38.4 Å². The largest absolute Gasteiger partial charge is 0.266 e. The van der Waals surface area contributed by atoms with E-state index in [-0.39, 0.29) is 21.1 Å². The molecule has 1 aromatic carbocycles. The molecule has 22 heavy (non-hydrogen) atoms. The molecule has 0 saturated carbocycles. The van der Waals surface area contributed by atoms with Gasteiger partial charge in [-0.2, -0.15) is 5.10 Å². The first kappa shape index (κ1) is 19.2. The minimum absolute atomic E-state index is 0. The van der Waals surface area contributed by atoms with Gasteiger partial charge in [0.1, 0.15) is 0 Å². The van der Waals surface area contributed by atoms with Gasteiger partial charge in [-0.05, 0) is 95.7 Å². The number of hydrogen-bond acceptors (Lipinski definition) is 1. The average Bonchev–Trinajstić information content (AvgIpc) is 2.71. The van der Waals surface area contributed by atoms with Gasteiger partial charge < -0.3 is 0 Å². The molecule has 0 fully saturated rings. The molecule has 0 radical (unpaired) electrons. The van der Waals surface area contributed by atoms with Crippen molar-refractivity contribution in [1.29, 1.82) is 0 Å². The van der Waals surface area contributed by atoms with Crippen LogP contribution in [0.3, 0.4) is 0 Å². The second-order valence-electron chi connectivity index (χ2n) is 6.58. The Kier molecular flexibility index (Phi) is 5.84. The maximum Gasteiger partial charge on any atom is 0.0675 e. The van der Waals surface area contributed by atoms with E-state index >= 15 is 0 Å². The van der Waals surface area contributed by atoms with Crippen molar-refractivity contribution in [2.45, 2.75) is 68.4 Å². The van der Waals surface area contributed by atoms with Crippen molar-refractivity contribution in [2.75, 3.05) is 0 Å². The van der Waals surface area contributed by atoms with E-state index in [4.69, 9.17) is 5.10 Å². The van der Waals surface area contributed by atoms with E-state index in [9.17, 15) is 0 Å². The van der Waals surface area contributed by atoms with Crippen molar-refractivity contribution in [1.82, 2.24) is 9.78 Å². The van der Waals surface area contributed by atoms with Crippen LogP contribution in [-0.4, -0.2) is 9.78 Å². The third-order valence-electron chi connectivity index (χ3n) is 5.06. The standard InChI is InChI=1S/C19H28N2.Pt/c1-10(2)21-17(9)19(16(8)20-21)18-14(6)12(4)11(3)13(5)15(18)7;/h10H,1-9H3;. The van der Waals surface area contributed by atoms with Gasteiger partial charge in [0.25, 0.3) is 0 Å². The van der Waals surface area contributed by atoms with Crippen LogP contribution in [0.5, 0.6) is 0 Å². The van der Waals surface area contributed by atoms with E-state index in [1.54, 1.807) is 0 Å². The summed E-state index contributed by atoms with van der Waals surface area (Å²) in [6, 6.07) is 0.394. The minimum atomic E-state index is 0. The van der Waals surface area contributed by atoms with Crippen LogP contribution in [0.4, 0.5) is 0 Å². The first-order valence-corrected chi connectivity index (χ1v) is 7.81. The summed E-state index contributed by atoms with van der Waals surface area (Å²) in [4.78, 5) is 0. The van der Waals surface area contributed by atoms with Gasteiger partial charge in [-0.15, -0.1) is 0 Å². The summed E-state index contributed by atoms with van der Waals surface area (Å²) in [6.07, 6.45) is 0. The molecule has 2 rings (SSSR count). The molecule has 1 aromatic heterocycles. The molecule has 0 aliphatic carbocycles. The Balaban J connectivity index is 0.00000242. The van der Waals surface area contributed by atoms with Crippen LogP contribution in [0.1, 0.15) is 59.1 Å². The van der Waals surface area contributed by atoms with Crippen molar-refractivity contribution in [3.63, 3.8) is 0 Å². The number of hydrogen-bond donors (Lipinski definition) is 0. The van der Waals surface area contributed by atoms with Gasteiger partial charge in [-0.1, -0.05) is 0 Å². The summed E-state index contributed by atoms with van der Waals surface area (Å²) in [7, 11) is 0. The summed E-state index contributed by atoms with van der Waals surface area (Å²) in [5.41, 5.74) is 12.1. The molecule has 0 unspecified atom stereocenters. The Hall–Kier alpha value is -0.882. The molecule has 1 heterocycles. The number of benzene rings is 1. The van der Waals surface area contributed by atoms with Crippen LogP contribution in [0.2, 0.25) is 0 Å². The maximum atomic E-state index is 4.77. The fourth-order valence-corrected chi connectivity index (χ4v) is 3.40. The van der Waals surface area contributed by atoms with E-state index < -0.39 is 0 Å². The quantitative estimate of drug-likeness (QED) is 0.573. The van der Waals surface area contributed by atoms with E-state index in [0.717, 1.165) is 5.69 Å². The van der Waals surface area contributed by atoms with Crippen LogP contribution < -0.4 is 0 Å². The fourth-order valence-electron chi connectivity index (χ4n) is 3.40. The first-order chi connectivity index (χ1) is 9.68. The Morgan fingerprint density at radius 2 is 1.09 bits per heavy atom. The van der Waals surface area contributed by atoms with Crippen molar-refractivity contribution in [3.8, 4) is 11.1 Å². The molecule has 0 aliphatic heterocycles. The minimum Gasteiger partial charge on any atom is -0.266 e. The Bertz CT molecular complexity index is 680. The van der Waals surface area contributed by atoms with E-state index in [2.05, 4.69) is 67.0 Å². The number of aromatic nitrogens is 2. The van der Waals surface area contributed by atoms with Gasteiger partial charge in [0.2, 0.25) is 0 Å². The molecule has 2 aromatic rings. The fraction of sp³-hybridized carbons (Fsp3) is 0.526. The van der Waals surface area contributed by atoms with Crippen LogP contribution in [0, 0.1) is 48.5 Å². The zero-order chi connectivity index (χ0) is 16.1. The second-order valence-corrected chi connectivity index (χ2v) is 6.58. The molecule has 0 spiro atoms. The molecule has 0 saturated heterocycles. The monoisotopic (exact) mass is 479 g/mol. The molecular weight excluding hydrogens is 451 g/mol. The predicted molar refractivity (Wildman–Crippen MR) is 91.2 cm³/mol. The molecule has 0 aliphatic rings. The summed E-state index contributed by atoms with van der Waals surface area (Å²) < 4.78 is 2.15. The SMILES string of the molecule is Cc1nn(C(C)C)c(C)c1-c1c(C)c(C)c(C)c(C)c1C.[Pt]. The van der Waals surface area contributed by atoms with Gasteiger partial charge in [0.05, 0.1) is 5.69 Å². The molecule has 0 amide bonds. The third kappa shape index (κ3) is 2.83. The maximum absolute atomic E-state index is 4.77. The summed E-state index contributed by atoms with van der Waals surface area (Å²) in [5, 5.41) is 4.77.